The van der Waals surface area contributed by atoms with Crippen molar-refractivity contribution in [3.05, 3.63) is 83.8 Å². The highest BCUT2D eigenvalue weighted by Gasteiger charge is 2.41. The molecule has 1 aliphatic heterocycles. The van der Waals surface area contributed by atoms with Gasteiger partial charge in [0.1, 0.15) is 17.6 Å². The Morgan fingerprint density at radius 1 is 1.12 bits per heavy atom. The number of thiocarbonyl (C=S) groups is 1. The number of hydrogen-bond donors (Lipinski definition) is 1. The molecule has 25 heavy (non-hydrogen) atoms. The molecule has 1 N–H and O–H groups in total. The lowest BCUT2D eigenvalue weighted by molar-refractivity contribution is 0.264. The molecule has 4 heterocycles. The molecule has 0 aliphatic carbocycles. The molecule has 6 heteroatoms. The average molecular weight is 350 g/mol. The van der Waals surface area contributed by atoms with E-state index in [1.807, 2.05) is 49.4 Å². The molecule has 1 saturated heterocycles. The van der Waals surface area contributed by atoms with Crippen LogP contribution in [0.4, 0.5) is 0 Å². The molecule has 0 aromatic carbocycles. The quantitative estimate of drug-likeness (QED) is 0.726. The molecule has 1 aliphatic rings. The fourth-order valence-electron chi connectivity index (χ4n) is 3.18. The summed E-state index contributed by atoms with van der Waals surface area (Å²) in [4.78, 5) is 10.8. The molecule has 1 fully saturated rings. The number of nitrogens with one attached hydrogen (secondary N) is 1. The van der Waals surface area contributed by atoms with Gasteiger partial charge in [0.05, 0.1) is 11.7 Å². The van der Waals surface area contributed by atoms with Crippen molar-refractivity contribution >= 4 is 17.3 Å². The van der Waals surface area contributed by atoms with E-state index in [0.29, 0.717) is 11.7 Å². The molecule has 0 amide bonds. The highest BCUT2D eigenvalue weighted by Crippen LogP contribution is 2.39. The van der Waals surface area contributed by atoms with Crippen LogP contribution >= 0.6 is 12.2 Å². The molecule has 2 atom stereocenters. The van der Waals surface area contributed by atoms with Gasteiger partial charge in [-0.15, -0.1) is 0 Å². The van der Waals surface area contributed by atoms with Gasteiger partial charge < -0.3 is 14.6 Å². The first kappa shape index (κ1) is 15.8. The zero-order chi connectivity index (χ0) is 17.2. The Balaban J connectivity index is 1.72. The van der Waals surface area contributed by atoms with Crippen molar-refractivity contribution in [2.45, 2.75) is 25.6 Å². The van der Waals surface area contributed by atoms with Gasteiger partial charge in [0.2, 0.25) is 0 Å². The maximum Gasteiger partial charge on any atom is 0.170 e. The predicted molar refractivity (Wildman–Crippen MR) is 98.7 cm³/mol. The highest BCUT2D eigenvalue weighted by molar-refractivity contribution is 7.80. The van der Waals surface area contributed by atoms with E-state index in [2.05, 4.69) is 20.2 Å². The minimum absolute atomic E-state index is 0.0516. The van der Waals surface area contributed by atoms with Crippen LogP contribution in [0.25, 0.3) is 0 Å². The Kier molecular flexibility index (Phi) is 4.19. The normalized spacial score (nSPS) is 19.9. The first-order valence-electron chi connectivity index (χ1n) is 8.15. The molecule has 0 saturated carbocycles. The van der Waals surface area contributed by atoms with Crippen LogP contribution in [0.5, 0.6) is 0 Å². The zero-order valence-electron chi connectivity index (χ0n) is 13.8. The first-order valence-corrected chi connectivity index (χ1v) is 8.56. The Morgan fingerprint density at radius 3 is 2.64 bits per heavy atom. The smallest absolute Gasteiger partial charge is 0.170 e. The van der Waals surface area contributed by atoms with Crippen molar-refractivity contribution < 1.29 is 4.42 Å². The number of rotatable bonds is 4. The monoisotopic (exact) mass is 350 g/mol. The molecule has 3 aromatic heterocycles. The third-order valence-corrected chi connectivity index (χ3v) is 4.71. The maximum absolute atomic E-state index is 5.95. The van der Waals surface area contributed by atoms with Crippen molar-refractivity contribution in [3.63, 3.8) is 0 Å². The fourth-order valence-corrected chi connectivity index (χ4v) is 3.49. The second-order valence-corrected chi connectivity index (χ2v) is 6.45. The summed E-state index contributed by atoms with van der Waals surface area (Å²) < 4.78 is 5.95. The number of nitrogens with zero attached hydrogens (tertiary/aromatic N) is 3. The topological polar surface area (TPSA) is 54.2 Å². The van der Waals surface area contributed by atoms with E-state index in [1.54, 1.807) is 18.6 Å². The van der Waals surface area contributed by atoms with Crippen LogP contribution in [-0.4, -0.2) is 20.0 Å². The largest absolute Gasteiger partial charge is 0.464 e. The van der Waals surface area contributed by atoms with Gasteiger partial charge in [-0.2, -0.15) is 0 Å². The molecule has 0 bridgehead atoms. The summed E-state index contributed by atoms with van der Waals surface area (Å²) in [5.74, 6) is 1.77. The van der Waals surface area contributed by atoms with Crippen LogP contribution in [-0.2, 0) is 6.54 Å². The first-order chi connectivity index (χ1) is 12.2. The number of aryl methyl sites for hydroxylation is 1. The molecule has 3 aromatic rings. The summed E-state index contributed by atoms with van der Waals surface area (Å²) in [5, 5.41) is 4.12. The summed E-state index contributed by atoms with van der Waals surface area (Å²) in [7, 11) is 0. The third-order valence-electron chi connectivity index (χ3n) is 4.35. The lowest BCUT2D eigenvalue weighted by atomic mass is 10.0. The lowest BCUT2D eigenvalue weighted by Crippen LogP contribution is -2.29. The average Bonchev–Trinajstić information content (AvgIpc) is 3.20. The molecular weight excluding hydrogens is 332 g/mol. The van der Waals surface area contributed by atoms with Gasteiger partial charge in [-0.25, -0.2) is 0 Å². The van der Waals surface area contributed by atoms with E-state index in [9.17, 15) is 0 Å². The molecular formula is C19H18N4OS. The van der Waals surface area contributed by atoms with E-state index in [4.69, 9.17) is 16.6 Å². The van der Waals surface area contributed by atoms with Crippen LogP contribution in [0.2, 0.25) is 0 Å². The predicted octanol–water partition coefficient (Wildman–Crippen LogP) is 3.55. The van der Waals surface area contributed by atoms with Crippen molar-refractivity contribution in [3.8, 4) is 0 Å². The maximum atomic E-state index is 5.95. The van der Waals surface area contributed by atoms with E-state index in [-0.39, 0.29) is 12.1 Å². The summed E-state index contributed by atoms with van der Waals surface area (Å²) in [6.07, 6.45) is 5.39. The van der Waals surface area contributed by atoms with Gasteiger partial charge in [0.25, 0.3) is 0 Å². The zero-order valence-corrected chi connectivity index (χ0v) is 14.6. The molecule has 4 rings (SSSR count). The summed E-state index contributed by atoms with van der Waals surface area (Å²) in [6.45, 7) is 2.63. The molecule has 0 unspecified atom stereocenters. The van der Waals surface area contributed by atoms with Crippen LogP contribution in [0, 0.1) is 6.92 Å². The molecule has 126 valence electrons. The van der Waals surface area contributed by atoms with Crippen molar-refractivity contribution in [1.29, 1.82) is 0 Å². The Bertz CT molecular complexity index is 865. The third kappa shape index (κ3) is 3.13. The van der Waals surface area contributed by atoms with Gasteiger partial charge in [-0.3, -0.25) is 9.97 Å². The number of furan rings is 1. The van der Waals surface area contributed by atoms with Crippen molar-refractivity contribution in [1.82, 2.24) is 20.2 Å². The van der Waals surface area contributed by atoms with Gasteiger partial charge in [-0.05, 0) is 61.1 Å². The second-order valence-electron chi connectivity index (χ2n) is 6.06. The van der Waals surface area contributed by atoms with Gasteiger partial charge >= 0.3 is 0 Å². The van der Waals surface area contributed by atoms with E-state index in [0.717, 1.165) is 22.8 Å². The number of aromatic nitrogens is 2. The lowest BCUT2D eigenvalue weighted by Gasteiger charge is -2.26. The summed E-state index contributed by atoms with van der Waals surface area (Å²) in [6, 6.07) is 13.8. The summed E-state index contributed by atoms with van der Waals surface area (Å²) >= 11 is 5.63. The minimum Gasteiger partial charge on any atom is -0.464 e. The van der Waals surface area contributed by atoms with Gasteiger partial charge in [-0.1, -0.05) is 6.07 Å². The van der Waals surface area contributed by atoms with Crippen LogP contribution in [0.3, 0.4) is 0 Å². The van der Waals surface area contributed by atoms with Gasteiger partial charge in [0.15, 0.2) is 5.11 Å². The van der Waals surface area contributed by atoms with E-state index >= 15 is 0 Å². The molecule has 5 nitrogen and oxygen atoms in total. The Hall–Kier alpha value is -2.73. The SMILES string of the molecule is Cc1ccc([C@H]2[C@@H](c3ccccn3)NC(=S)N2Cc2ccncc2)o1. The van der Waals surface area contributed by atoms with E-state index < -0.39 is 0 Å². The second kappa shape index (κ2) is 6.64. The number of pyridine rings is 2. The summed E-state index contributed by atoms with van der Waals surface area (Å²) in [5.41, 5.74) is 2.09. The molecule has 0 spiro atoms. The standard InChI is InChI=1S/C19H18N4OS/c1-13-5-6-16(24-13)18-17(15-4-2-3-9-21-15)22-19(25)23(18)12-14-7-10-20-11-8-14/h2-11,17-18H,12H2,1H3,(H,22,25)/t17-,18+/m1/s1. The van der Waals surface area contributed by atoms with Crippen molar-refractivity contribution in [2.24, 2.45) is 0 Å². The van der Waals surface area contributed by atoms with Gasteiger partial charge in [0, 0.05) is 25.1 Å². The van der Waals surface area contributed by atoms with Crippen molar-refractivity contribution in [2.75, 3.05) is 0 Å². The van der Waals surface area contributed by atoms with Crippen LogP contribution < -0.4 is 5.32 Å². The minimum atomic E-state index is -0.0545. The Labute approximate surface area is 151 Å². The highest BCUT2D eigenvalue weighted by atomic mass is 32.1. The van der Waals surface area contributed by atoms with Crippen LogP contribution in [0.1, 0.15) is 34.9 Å². The fraction of sp³-hybridized carbons (Fsp3) is 0.211. The van der Waals surface area contributed by atoms with Crippen LogP contribution in [0.15, 0.2) is 65.5 Å². The molecule has 0 radical (unpaired) electrons. The number of hydrogen-bond acceptors (Lipinski definition) is 4. The van der Waals surface area contributed by atoms with E-state index in [1.165, 1.54) is 0 Å². The Morgan fingerprint density at radius 2 is 1.96 bits per heavy atom.